The lowest BCUT2D eigenvalue weighted by Gasteiger charge is -2.13. The van der Waals surface area contributed by atoms with E-state index in [0.29, 0.717) is 27.0 Å². The van der Waals surface area contributed by atoms with Crippen LogP contribution in [0.15, 0.2) is 100 Å². The largest absolute Gasteiger partial charge is 0.478 e. The summed E-state index contributed by atoms with van der Waals surface area (Å²) in [6, 6.07) is 26.9. The molecule has 0 unspecified atom stereocenters. The Balaban J connectivity index is 1.40. The van der Waals surface area contributed by atoms with Gasteiger partial charge in [-0.2, -0.15) is 0 Å². The molecule has 4 aromatic carbocycles. The number of hydrogen-bond acceptors (Lipinski definition) is 5. The summed E-state index contributed by atoms with van der Waals surface area (Å²) >= 11 is 4.87. The van der Waals surface area contributed by atoms with Crippen LogP contribution in [0.5, 0.6) is 0 Å². The summed E-state index contributed by atoms with van der Waals surface area (Å²) in [4.78, 5) is 38.1. The summed E-state index contributed by atoms with van der Waals surface area (Å²) in [5, 5.41) is 14.8. The standard InChI is InChI=1S/C31H28BrN3O4S/c1-2-33-40-26-5-3-4-23(18-26)29(36)35-28-17-14-24(32)19-27(28)30(37)34-25-15-10-21(11-16-25)7-6-20-8-12-22(13-9-20)31(38)39/h3-5,8-19,33H,2,6-7H2,1H3,(H,34,37)(H,35,36)(H,38,39). The molecule has 0 aliphatic rings. The summed E-state index contributed by atoms with van der Waals surface area (Å²) in [7, 11) is 0. The Morgan fingerprint density at radius 3 is 2.10 bits per heavy atom. The molecule has 0 radical (unpaired) electrons. The quantitative estimate of drug-likeness (QED) is 0.134. The monoisotopic (exact) mass is 617 g/mol. The predicted molar refractivity (Wildman–Crippen MR) is 163 cm³/mol. The van der Waals surface area contributed by atoms with Crippen LogP contribution in [0, 0.1) is 0 Å². The van der Waals surface area contributed by atoms with Gasteiger partial charge < -0.3 is 15.7 Å². The number of aryl methyl sites for hydroxylation is 2. The summed E-state index contributed by atoms with van der Waals surface area (Å²) < 4.78 is 3.88. The molecule has 204 valence electrons. The van der Waals surface area contributed by atoms with Crippen molar-refractivity contribution in [3.8, 4) is 0 Å². The van der Waals surface area contributed by atoms with Gasteiger partial charge in [-0.1, -0.05) is 53.2 Å². The van der Waals surface area contributed by atoms with Gasteiger partial charge in [-0.15, -0.1) is 0 Å². The van der Waals surface area contributed by atoms with Gasteiger partial charge in [0.25, 0.3) is 11.8 Å². The molecule has 4 N–H and O–H groups in total. The Labute approximate surface area is 245 Å². The highest BCUT2D eigenvalue weighted by atomic mass is 79.9. The fraction of sp³-hybridized carbons (Fsp3) is 0.129. The summed E-state index contributed by atoms with van der Waals surface area (Å²) in [5.41, 5.74) is 4.26. The molecule has 2 amide bonds. The molecule has 7 nitrogen and oxygen atoms in total. The van der Waals surface area contributed by atoms with Crippen molar-refractivity contribution in [2.45, 2.75) is 24.7 Å². The fourth-order valence-electron chi connectivity index (χ4n) is 3.92. The third-order valence-corrected chi connectivity index (χ3v) is 7.44. The average molecular weight is 619 g/mol. The number of carboxylic acid groups (broad SMARTS) is 1. The zero-order valence-corrected chi connectivity index (χ0v) is 24.1. The first-order valence-electron chi connectivity index (χ1n) is 12.7. The van der Waals surface area contributed by atoms with E-state index in [0.717, 1.165) is 35.4 Å². The van der Waals surface area contributed by atoms with Crippen molar-refractivity contribution in [2.24, 2.45) is 0 Å². The molecule has 0 fully saturated rings. The van der Waals surface area contributed by atoms with Crippen LogP contribution in [0.3, 0.4) is 0 Å². The van der Waals surface area contributed by atoms with Crippen LogP contribution in [-0.2, 0) is 12.8 Å². The number of carboxylic acids is 1. The number of carbonyl (C=O) groups is 3. The molecule has 4 aromatic rings. The minimum absolute atomic E-state index is 0.269. The first kappa shape index (κ1) is 29.1. The van der Waals surface area contributed by atoms with E-state index in [1.54, 1.807) is 42.5 Å². The van der Waals surface area contributed by atoms with Crippen LogP contribution < -0.4 is 15.4 Å². The van der Waals surface area contributed by atoms with E-state index in [4.69, 9.17) is 5.11 Å². The maximum atomic E-state index is 13.2. The molecule has 0 aliphatic carbocycles. The summed E-state index contributed by atoms with van der Waals surface area (Å²) in [5.74, 6) is -1.59. The fourth-order valence-corrected chi connectivity index (χ4v) is 4.92. The van der Waals surface area contributed by atoms with Crippen LogP contribution in [0.4, 0.5) is 11.4 Å². The molecule has 0 heterocycles. The molecule has 0 saturated carbocycles. The average Bonchev–Trinajstić information content (AvgIpc) is 2.97. The van der Waals surface area contributed by atoms with Crippen LogP contribution in [0.25, 0.3) is 0 Å². The molecular weight excluding hydrogens is 590 g/mol. The highest BCUT2D eigenvalue weighted by Gasteiger charge is 2.16. The molecule has 0 saturated heterocycles. The molecule has 0 atom stereocenters. The van der Waals surface area contributed by atoms with Gasteiger partial charge in [-0.3, -0.25) is 14.3 Å². The maximum absolute atomic E-state index is 13.2. The van der Waals surface area contributed by atoms with Crippen molar-refractivity contribution in [3.63, 3.8) is 0 Å². The summed E-state index contributed by atoms with van der Waals surface area (Å²) in [6.07, 6.45) is 1.54. The van der Waals surface area contributed by atoms with E-state index in [9.17, 15) is 14.4 Å². The van der Waals surface area contributed by atoms with E-state index >= 15 is 0 Å². The molecular formula is C31H28BrN3O4S. The van der Waals surface area contributed by atoms with Crippen LogP contribution in [-0.4, -0.2) is 29.4 Å². The lowest BCUT2D eigenvalue weighted by Crippen LogP contribution is -2.18. The molecule has 4 rings (SSSR count). The predicted octanol–water partition coefficient (Wildman–Crippen LogP) is 7.05. The van der Waals surface area contributed by atoms with Crippen molar-refractivity contribution < 1.29 is 19.5 Å². The van der Waals surface area contributed by atoms with E-state index in [1.165, 1.54) is 11.9 Å². The zero-order valence-electron chi connectivity index (χ0n) is 21.7. The first-order valence-corrected chi connectivity index (χ1v) is 14.3. The molecule has 9 heteroatoms. The maximum Gasteiger partial charge on any atom is 0.335 e. The number of amides is 2. The number of benzene rings is 4. The third kappa shape index (κ3) is 8.05. The second kappa shape index (κ2) is 13.9. The number of anilines is 2. The zero-order chi connectivity index (χ0) is 28.5. The lowest BCUT2D eigenvalue weighted by atomic mass is 10.0. The van der Waals surface area contributed by atoms with Crippen molar-refractivity contribution >= 4 is 57.0 Å². The van der Waals surface area contributed by atoms with Gasteiger partial charge in [0.15, 0.2) is 0 Å². The van der Waals surface area contributed by atoms with Crippen LogP contribution in [0.2, 0.25) is 0 Å². The molecule has 0 aromatic heterocycles. The molecule has 0 aliphatic heterocycles. The highest BCUT2D eigenvalue weighted by molar-refractivity contribution is 9.10. The van der Waals surface area contributed by atoms with Crippen molar-refractivity contribution in [3.05, 3.63) is 123 Å². The molecule has 0 spiro atoms. The molecule has 0 bridgehead atoms. The second-order valence-electron chi connectivity index (χ2n) is 8.92. The Morgan fingerprint density at radius 2 is 1.45 bits per heavy atom. The number of nitrogens with one attached hydrogen (secondary N) is 3. The number of hydrogen-bond donors (Lipinski definition) is 4. The van der Waals surface area contributed by atoms with E-state index in [2.05, 4.69) is 31.3 Å². The van der Waals surface area contributed by atoms with E-state index < -0.39 is 5.97 Å². The third-order valence-electron chi connectivity index (χ3n) is 6.02. The Morgan fingerprint density at radius 1 is 0.775 bits per heavy atom. The normalized spacial score (nSPS) is 10.7. The second-order valence-corrected chi connectivity index (χ2v) is 10.8. The lowest BCUT2D eigenvalue weighted by molar-refractivity contribution is 0.0696. The van der Waals surface area contributed by atoms with E-state index in [1.807, 2.05) is 55.5 Å². The Hall–Kier alpha value is -3.92. The van der Waals surface area contributed by atoms with Gasteiger partial charge in [-0.25, -0.2) is 4.79 Å². The number of aromatic carboxylic acids is 1. The highest BCUT2D eigenvalue weighted by Crippen LogP contribution is 2.24. The smallest absolute Gasteiger partial charge is 0.335 e. The van der Waals surface area contributed by atoms with Gasteiger partial charge >= 0.3 is 5.97 Å². The van der Waals surface area contributed by atoms with Gasteiger partial charge in [0.2, 0.25) is 0 Å². The Kier molecular flexibility index (Phi) is 10.1. The topological polar surface area (TPSA) is 108 Å². The molecule has 40 heavy (non-hydrogen) atoms. The van der Waals surface area contributed by atoms with Gasteiger partial charge in [0.05, 0.1) is 16.8 Å². The van der Waals surface area contributed by atoms with Crippen molar-refractivity contribution in [2.75, 3.05) is 17.2 Å². The Bertz CT molecular complexity index is 1510. The number of halogens is 1. The minimum atomic E-state index is -0.939. The minimum Gasteiger partial charge on any atom is -0.478 e. The van der Waals surface area contributed by atoms with Crippen LogP contribution >= 0.6 is 27.9 Å². The summed E-state index contributed by atoms with van der Waals surface area (Å²) in [6.45, 7) is 2.80. The first-order chi connectivity index (χ1) is 19.3. The number of rotatable bonds is 11. The van der Waals surface area contributed by atoms with Crippen molar-refractivity contribution in [1.82, 2.24) is 4.72 Å². The van der Waals surface area contributed by atoms with Crippen molar-refractivity contribution in [1.29, 1.82) is 0 Å². The van der Waals surface area contributed by atoms with Gasteiger partial charge in [0, 0.05) is 27.2 Å². The van der Waals surface area contributed by atoms with Gasteiger partial charge in [0.1, 0.15) is 0 Å². The van der Waals surface area contributed by atoms with E-state index in [-0.39, 0.29) is 17.4 Å². The number of carbonyl (C=O) groups excluding carboxylic acids is 2. The SMILES string of the molecule is CCNSc1cccc(C(=O)Nc2ccc(Br)cc2C(=O)Nc2ccc(CCc3ccc(C(=O)O)cc3)cc2)c1. The van der Waals surface area contributed by atoms with Crippen LogP contribution in [0.1, 0.15) is 49.1 Å². The van der Waals surface area contributed by atoms with Gasteiger partial charge in [-0.05, 0) is 96.6 Å².